The van der Waals surface area contributed by atoms with Gasteiger partial charge in [0.2, 0.25) is 0 Å². The van der Waals surface area contributed by atoms with Gasteiger partial charge in [-0.2, -0.15) is 0 Å². The van der Waals surface area contributed by atoms with Crippen molar-refractivity contribution in [2.75, 3.05) is 6.61 Å². The van der Waals surface area contributed by atoms with Gasteiger partial charge in [0.25, 0.3) is 0 Å². The molecule has 2 aromatic heterocycles. The number of ether oxygens (including phenoxy) is 1. The summed E-state index contributed by atoms with van der Waals surface area (Å²) >= 11 is 0. The topological polar surface area (TPSA) is 43.6 Å². The Morgan fingerprint density at radius 1 is 1.29 bits per heavy atom. The molecular formula is C17H18N2O2. The predicted molar refractivity (Wildman–Crippen MR) is 82.6 cm³/mol. The van der Waals surface area contributed by atoms with Crippen LogP contribution in [-0.2, 0) is 4.74 Å². The molecule has 0 atom stereocenters. The average molecular weight is 282 g/mol. The molecule has 0 saturated heterocycles. The minimum atomic E-state index is -0.283. The van der Waals surface area contributed by atoms with Gasteiger partial charge in [-0.1, -0.05) is 19.4 Å². The molecule has 0 aliphatic rings. The zero-order valence-electron chi connectivity index (χ0n) is 12.3. The van der Waals surface area contributed by atoms with E-state index in [1.165, 1.54) is 5.56 Å². The van der Waals surface area contributed by atoms with E-state index in [-0.39, 0.29) is 5.97 Å². The Bertz CT molecular complexity index is 805. The molecule has 21 heavy (non-hydrogen) atoms. The molecule has 0 unspecified atom stereocenters. The van der Waals surface area contributed by atoms with Crippen LogP contribution >= 0.6 is 0 Å². The summed E-state index contributed by atoms with van der Waals surface area (Å²) in [5.41, 5.74) is 4.48. The number of hydrogen-bond acceptors (Lipinski definition) is 3. The number of carbonyl (C=O) groups excluding carboxylic acids is 1. The van der Waals surface area contributed by atoms with Crippen molar-refractivity contribution in [3.05, 3.63) is 47.7 Å². The Balaban J connectivity index is 1.97. The summed E-state index contributed by atoms with van der Waals surface area (Å²) in [6.45, 7) is 4.59. The van der Waals surface area contributed by atoms with E-state index >= 15 is 0 Å². The molecule has 0 aliphatic carbocycles. The number of nitrogens with zero attached hydrogens (tertiary/aromatic N) is 2. The van der Waals surface area contributed by atoms with Crippen LogP contribution in [0.15, 0.2) is 36.5 Å². The molecule has 3 rings (SSSR count). The molecule has 2 heterocycles. The van der Waals surface area contributed by atoms with Crippen LogP contribution in [-0.4, -0.2) is 22.0 Å². The zero-order chi connectivity index (χ0) is 14.8. The third-order valence-corrected chi connectivity index (χ3v) is 3.53. The third kappa shape index (κ3) is 2.61. The second-order valence-electron chi connectivity index (χ2n) is 5.24. The number of benzene rings is 1. The van der Waals surface area contributed by atoms with Crippen molar-refractivity contribution in [3.8, 4) is 0 Å². The van der Waals surface area contributed by atoms with Crippen molar-refractivity contribution in [3.63, 3.8) is 0 Å². The van der Waals surface area contributed by atoms with Crippen LogP contribution in [0.25, 0.3) is 16.7 Å². The SMILES string of the molecule is CCCCOC(=O)c1ccn2c(c1)nc1ccc(C)cc12. The van der Waals surface area contributed by atoms with Crippen molar-refractivity contribution in [2.45, 2.75) is 26.7 Å². The summed E-state index contributed by atoms with van der Waals surface area (Å²) in [6.07, 6.45) is 3.78. The van der Waals surface area contributed by atoms with Gasteiger partial charge >= 0.3 is 5.97 Å². The fourth-order valence-electron chi connectivity index (χ4n) is 2.34. The quantitative estimate of drug-likeness (QED) is 0.540. The highest BCUT2D eigenvalue weighted by Crippen LogP contribution is 2.19. The van der Waals surface area contributed by atoms with Gasteiger partial charge in [-0.3, -0.25) is 4.40 Å². The monoisotopic (exact) mass is 282 g/mol. The number of esters is 1. The molecule has 0 fully saturated rings. The Labute approximate surface area is 123 Å². The molecule has 108 valence electrons. The van der Waals surface area contributed by atoms with Gasteiger partial charge < -0.3 is 4.74 Å². The Hall–Kier alpha value is -2.36. The molecule has 0 aliphatic heterocycles. The van der Waals surface area contributed by atoms with Crippen molar-refractivity contribution >= 4 is 22.6 Å². The standard InChI is InChI=1S/C17H18N2O2/c1-3-4-9-21-17(20)13-7-8-19-15-10-12(2)5-6-14(15)18-16(19)11-13/h5-8,10-11H,3-4,9H2,1-2H3. The van der Waals surface area contributed by atoms with Crippen molar-refractivity contribution in [1.82, 2.24) is 9.38 Å². The van der Waals surface area contributed by atoms with Crippen molar-refractivity contribution < 1.29 is 9.53 Å². The second kappa shape index (κ2) is 5.56. The summed E-state index contributed by atoms with van der Waals surface area (Å²) in [7, 11) is 0. The van der Waals surface area contributed by atoms with E-state index in [1.807, 2.05) is 22.7 Å². The van der Waals surface area contributed by atoms with E-state index in [2.05, 4.69) is 24.9 Å². The zero-order valence-corrected chi connectivity index (χ0v) is 12.3. The lowest BCUT2D eigenvalue weighted by Gasteiger charge is -2.04. The first-order valence-electron chi connectivity index (χ1n) is 7.24. The summed E-state index contributed by atoms with van der Waals surface area (Å²) in [5.74, 6) is -0.283. The van der Waals surface area contributed by atoms with Gasteiger partial charge in [0.1, 0.15) is 5.65 Å². The fourth-order valence-corrected chi connectivity index (χ4v) is 2.34. The second-order valence-corrected chi connectivity index (χ2v) is 5.24. The average Bonchev–Trinajstić information content (AvgIpc) is 2.84. The number of carbonyl (C=O) groups is 1. The van der Waals surface area contributed by atoms with Crippen LogP contribution in [0.4, 0.5) is 0 Å². The van der Waals surface area contributed by atoms with Crippen LogP contribution in [0.3, 0.4) is 0 Å². The van der Waals surface area contributed by atoms with Crippen LogP contribution in [0, 0.1) is 6.92 Å². The van der Waals surface area contributed by atoms with E-state index < -0.39 is 0 Å². The van der Waals surface area contributed by atoms with E-state index in [0.29, 0.717) is 12.2 Å². The number of unbranched alkanes of at least 4 members (excludes halogenated alkanes) is 1. The number of aromatic nitrogens is 2. The van der Waals surface area contributed by atoms with E-state index in [1.54, 1.807) is 12.1 Å². The summed E-state index contributed by atoms with van der Waals surface area (Å²) in [5, 5.41) is 0. The highest BCUT2D eigenvalue weighted by atomic mass is 16.5. The number of fused-ring (bicyclic) bond motifs is 3. The maximum Gasteiger partial charge on any atom is 0.338 e. The van der Waals surface area contributed by atoms with Crippen LogP contribution in [0.1, 0.15) is 35.7 Å². The first-order chi connectivity index (χ1) is 10.2. The van der Waals surface area contributed by atoms with Crippen LogP contribution < -0.4 is 0 Å². The summed E-state index contributed by atoms with van der Waals surface area (Å²) in [6, 6.07) is 9.69. The molecule has 4 nitrogen and oxygen atoms in total. The van der Waals surface area contributed by atoms with Gasteiger partial charge in [-0.05, 0) is 43.2 Å². The highest BCUT2D eigenvalue weighted by molar-refractivity contribution is 5.91. The maximum absolute atomic E-state index is 12.0. The van der Waals surface area contributed by atoms with E-state index in [9.17, 15) is 4.79 Å². The number of aryl methyl sites for hydroxylation is 1. The molecule has 0 saturated carbocycles. The smallest absolute Gasteiger partial charge is 0.338 e. The highest BCUT2D eigenvalue weighted by Gasteiger charge is 2.10. The van der Waals surface area contributed by atoms with Gasteiger partial charge in [0, 0.05) is 6.20 Å². The lowest BCUT2D eigenvalue weighted by Crippen LogP contribution is -2.06. The number of rotatable bonds is 4. The van der Waals surface area contributed by atoms with Gasteiger partial charge in [0.05, 0.1) is 23.2 Å². The van der Waals surface area contributed by atoms with Gasteiger partial charge in [-0.15, -0.1) is 0 Å². The van der Waals surface area contributed by atoms with Gasteiger partial charge in [0.15, 0.2) is 0 Å². The number of hydrogen-bond donors (Lipinski definition) is 0. The predicted octanol–water partition coefficient (Wildman–Crippen LogP) is 3.75. The Morgan fingerprint density at radius 2 is 2.14 bits per heavy atom. The summed E-state index contributed by atoms with van der Waals surface area (Å²) in [4.78, 5) is 16.5. The lowest BCUT2D eigenvalue weighted by atomic mass is 10.2. The first kappa shape index (κ1) is 13.6. The maximum atomic E-state index is 12.0. The minimum absolute atomic E-state index is 0.283. The molecule has 0 bridgehead atoms. The fraction of sp³-hybridized carbons (Fsp3) is 0.294. The van der Waals surface area contributed by atoms with Crippen LogP contribution in [0.2, 0.25) is 0 Å². The molecule has 0 amide bonds. The van der Waals surface area contributed by atoms with Crippen molar-refractivity contribution in [2.24, 2.45) is 0 Å². The van der Waals surface area contributed by atoms with Crippen molar-refractivity contribution in [1.29, 1.82) is 0 Å². The normalized spacial score (nSPS) is 11.1. The van der Waals surface area contributed by atoms with E-state index in [4.69, 9.17) is 4.74 Å². The minimum Gasteiger partial charge on any atom is -0.462 e. The lowest BCUT2D eigenvalue weighted by molar-refractivity contribution is 0.0499. The molecule has 0 spiro atoms. The molecule has 3 aromatic rings. The number of imidazole rings is 1. The largest absolute Gasteiger partial charge is 0.462 e. The molecule has 0 N–H and O–H groups in total. The third-order valence-electron chi connectivity index (χ3n) is 3.53. The molecule has 0 radical (unpaired) electrons. The summed E-state index contributed by atoms with van der Waals surface area (Å²) < 4.78 is 7.23. The molecule has 1 aromatic carbocycles. The Morgan fingerprint density at radius 3 is 2.95 bits per heavy atom. The van der Waals surface area contributed by atoms with E-state index in [0.717, 1.165) is 29.5 Å². The molecular weight excluding hydrogens is 264 g/mol. The molecule has 4 heteroatoms. The Kier molecular flexibility index (Phi) is 3.60. The number of pyridine rings is 1. The first-order valence-corrected chi connectivity index (χ1v) is 7.24. The van der Waals surface area contributed by atoms with Gasteiger partial charge in [-0.25, -0.2) is 9.78 Å². The van der Waals surface area contributed by atoms with Crippen LogP contribution in [0.5, 0.6) is 0 Å².